The third-order valence-electron chi connectivity index (χ3n) is 6.33. The molecule has 0 fully saturated rings. The summed E-state index contributed by atoms with van der Waals surface area (Å²) in [5.41, 5.74) is 3.07. The van der Waals surface area contributed by atoms with Gasteiger partial charge in [-0.05, 0) is 92.9 Å². The molecule has 0 aromatic heterocycles. The van der Waals surface area contributed by atoms with Gasteiger partial charge in [-0.15, -0.1) is 0 Å². The second kappa shape index (κ2) is 10.1. The number of anilines is 2. The Bertz CT molecular complexity index is 1230. The van der Waals surface area contributed by atoms with Crippen LogP contribution in [-0.4, -0.2) is 29.8 Å². The monoisotopic (exact) mass is 473 g/mol. The summed E-state index contributed by atoms with van der Waals surface area (Å²) in [7, 11) is 0. The maximum atomic E-state index is 11.4. The summed E-state index contributed by atoms with van der Waals surface area (Å²) in [5.74, 6) is 1.91. The van der Waals surface area contributed by atoms with Crippen LogP contribution in [0.25, 0.3) is 5.57 Å². The molecule has 0 aliphatic carbocycles. The van der Waals surface area contributed by atoms with Crippen molar-refractivity contribution in [2.45, 2.75) is 39.7 Å². The smallest absolute Gasteiger partial charge is 0.347 e. The van der Waals surface area contributed by atoms with E-state index in [9.17, 15) is 9.90 Å². The first kappa shape index (κ1) is 24.2. The Labute approximate surface area is 206 Å². The number of nitrogens with zero attached hydrogens (tertiary/aromatic N) is 1. The molecule has 0 bridgehead atoms. The molecule has 4 rings (SSSR count). The molecule has 182 valence electrons. The predicted octanol–water partition coefficient (Wildman–Crippen LogP) is 7.06. The van der Waals surface area contributed by atoms with Crippen molar-refractivity contribution >= 4 is 22.9 Å². The van der Waals surface area contributed by atoms with E-state index in [1.165, 1.54) is 0 Å². The maximum absolute atomic E-state index is 11.4. The van der Waals surface area contributed by atoms with Gasteiger partial charge in [0.05, 0.1) is 11.4 Å². The SMILES string of the molecule is CCN1c2ccccc2Oc2ccc(/C(C)=C/COc3ccc(OC(C)(CC)C(=O)O)cc3)cc21. The molecular weight excluding hydrogens is 442 g/mol. The molecule has 6 heteroatoms. The summed E-state index contributed by atoms with van der Waals surface area (Å²) in [4.78, 5) is 13.7. The molecule has 35 heavy (non-hydrogen) atoms. The Balaban J connectivity index is 1.42. The van der Waals surface area contributed by atoms with E-state index in [0.29, 0.717) is 24.5 Å². The van der Waals surface area contributed by atoms with E-state index in [0.717, 1.165) is 40.6 Å². The van der Waals surface area contributed by atoms with Crippen LogP contribution in [0.3, 0.4) is 0 Å². The van der Waals surface area contributed by atoms with E-state index in [1.54, 1.807) is 38.1 Å². The number of hydrogen-bond donors (Lipinski definition) is 1. The average molecular weight is 474 g/mol. The van der Waals surface area contributed by atoms with Crippen molar-refractivity contribution in [1.29, 1.82) is 0 Å². The largest absolute Gasteiger partial charge is 0.490 e. The first-order valence-corrected chi connectivity index (χ1v) is 11.9. The van der Waals surface area contributed by atoms with Gasteiger partial charge in [0.1, 0.15) is 18.1 Å². The molecule has 0 spiro atoms. The second-order valence-corrected chi connectivity index (χ2v) is 8.66. The van der Waals surface area contributed by atoms with E-state index in [2.05, 4.69) is 36.9 Å². The van der Waals surface area contributed by atoms with Gasteiger partial charge in [0.25, 0.3) is 0 Å². The Hall–Kier alpha value is -3.93. The topological polar surface area (TPSA) is 68.2 Å². The molecule has 0 radical (unpaired) electrons. The molecule has 1 aliphatic rings. The molecule has 1 unspecified atom stereocenters. The normalized spacial score (nSPS) is 14.3. The number of aliphatic carboxylic acids is 1. The van der Waals surface area contributed by atoms with E-state index in [4.69, 9.17) is 14.2 Å². The highest BCUT2D eigenvalue weighted by Gasteiger charge is 2.33. The number of ether oxygens (including phenoxy) is 3. The number of carboxylic acids is 1. The Kier molecular flexibility index (Phi) is 7.01. The quantitative estimate of drug-likeness (QED) is 0.359. The number of benzene rings is 3. The van der Waals surface area contributed by atoms with Crippen LogP contribution < -0.4 is 19.1 Å². The zero-order valence-corrected chi connectivity index (χ0v) is 20.6. The molecule has 0 saturated heterocycles. The van der Waals surface area contributed by atoms with E-state index < -0.39 is 11.6 Å². The summed E-state index contributed by atoms with van der Waals surface area (Å²) < 4.78 is 17.7. The highest BCUT2D eigenvalue weighted by molar-refractivity contribution is 5.81. The van der Waals surface area contributed by atoms with Gasteiger partial charge in [0, 0.05) is 6.54 Å². The molecule has 1 aliphatic heterocycles. The number of para-hydroxylation sites is 2. The highest BCUT2D eigenvalue weighted by Crippen LogP contribution is 2.47. The number of rotatable bonds is 9. The maximum Gasteiger partial charge on any atom is 0.347 e. The first-order chi connectivity index (χ1) is 16.8. The highest BCUT2D eigenvalue weighted by atomic mass is 16.5. The standard InChI is InChI=1S/C29H31NO5/c1-5-29(4,28(31)32)35-23-14-12-22(13-15-23)33-18-17-20(3)21-11-16-27-25(19-21)30(6-2)24-9-7-8-10-26(24)34-27/h7-17,19H,5-6,18H2,1-4H3,(H,31,32)/b20-17+. The lowest BCUT2D eigenvalue weighted by Crippen LogP contribution is -2.40. The van der Waals surface area contributed by atoms with Crippen LogP contribution in [0, 0.1) is 0 Å². The number of hydrogen-bond acceptors (Lipinski definition) is 5. The molecular formula is C29H31NO5. The summed E-state index contributed by atoms with van der Waals surface area (Å²) in [5, 5.41) is 9.38. The van der Waals surface area contributed by atoms with Crippen molar-refractivity contribution in [3.05, 3.63) is 78.4 Å². The fraction of sp³-hybridized carbons (Fsp3) is 0.276. The first-order valence-electron chi connectivity index (χ1n) is 11.9. The fourth-order valence-electron chi connectivity index (χ4n) is 3.93. The van der Waals surface area contributed by atoms with Gasteiger partial charge in [-0.2, -0.15) is 0 Å². The van der Waals surface area contributed by atoms with Gasteiger partial charge in [-0.25, -0.2) is 4.79 Å². The number of carbonyl (C=O) groups is 1. The van der Waals surface area contributed by atoms with Crippen LogP contribution >= 0.6 is 0 Å². The van der Waals surface area contributed by atoms with Crippen LogP contribution in [0.1, 0.15) is 39.7 Å². The van der Waals surface area contributed by atoms with E-state index in [-0.39, 0.29) is 0 Å². The van der Waals surface area contributed by atoms with Crippen LogP contribution in [0.4, 0.5) is 11.4 Å². The van der Waals surface area contributed by atoms with Gasteiger partial charge < -0.3 is 24.2 Å². The van der Waals surface area contributed by atoms with Gasteiger partial charge in [-0.1, -0.05) is 25.1 Å². The zero-order valence-electron chi connectivity index (χ0n) is 20.6. The van der Waals surface area contributed by atoms with Crippen molar-refractivity contribution < 1.29 is 24.1 Å². The summed E-state index contributed by atoms with van der Waals surface area (Å²) in [6, 6.07) is 21.3. The van der Waals surface area contributed by atoms with Crippen molar-refractivity contribution in [3.63, 3.8) is 0 Å². The minimum absolute atomic E-state index is 0.363. The molecule has 1 heterocycles. The molecule has 1 N–H and O–H groups in total. The lowest BCUT2D eigenvalue weighted by atomic mass is 10.0. The summed E-state index contributed by atoms with van der Waals surface area (Å²) >= 11 is 0. The Morgan fingerprint density at radius 1 is 1.00 bits per heavy atom. The van der Waals surface area contributed by atoms with Gasteiger partial charge in [0.2, 0.25) is 5.60 Å². The molecule has 0 amide bonds. The van der Waals surface area contributed by atoms with Crippen LogP contribution in [0.5, 0.6) is 23.0 Å². The van der Waals surface area contributed by atoms with Gasteiger partial charge >= 0.3 is 5.97 Å². The number of carboxylic acid groups (broad SMARTS) is 1. The number of allylic oxidation sites excluding steroid dienone is 1. The lowest BCUT2D eigenvalue weighted by molar-refractivity contribution is -0.154. The van der Waals surface area contributed by atoms with Crippen LogP contribution in [-0.2, 0) is 4.79 Å². The van der Waals surface area contributed by atoms with Crippen molar-refractivity contribution in [2.75, 3.05) is 18.1 Å². The minimum Gasteiger partial charge on any atom is -0.490 e. The third kappa shape index (κ3) is 5.11. The summed E-state index contributed by atoms with van der Waals surface area (Å²) in [6.45, 7) is 8.80. The van der Waals surface area contributed by atoms with E-state index >= 15 is 0 Å². The van der Waals surface area contributed by atoms with Crippen LogP contribution in [0.2, 0.25) is 0 Å². The predicted molar refractivity (Wildman–Crippen MR) is 138 cm³/mol. The minimum atomic E-state index is -1.25. The number of fused-ring (bicyclic) bond motifs is 2. The van der Waals surface area contributed by atoms with Crippen LogP contribution in [0.15, 0.2) is 72.8 Å². The van der Waals surface area contributed by atoms with Crippen molar-refractivity contribution in [3.8, 4) is 23.0 Å². The second-order valence-electron chi connectivity index (χ2n) is 8.66. The van der Waals surface area contributed by atoms with Crippen molar-refractivity contribution in [2.24, 2.45) is 0 Å². The summed E-state index contributed by atoms with van der Waals surface area (Å²) in [6.07, 6.45) is 2.40. The average Bonchev–Trinajstić information content (AvgIpc) is 2.87. The molecule has 0 saturated carbocycles. The molecule has 3 aromatic carbocycles. The molecule has 1 atom stereocenters. The Morgan fingerprint density at radius 3 is 2.37 bits per heavy atom. The van der Waals surface area contributed by atoms with Gasteiger partial charge in [-0.3, -0.25) is 0 Å². The lowest BCUT2D eigenvalue weighted by Gasteiger charge is -2.32. The van der Waals surface area contributed by atoms with Gasteiger partial charge in [0.15, 0.2) is 11.5 Å². The fourth-order valence-corrected chi connectivity index (χ4v) is 3.93. The molecule has 3 aromatic rings. The molecule has 6 nitrogen and oxygen atoms in total. The van der Waals surface area contributed by atoms with E-state index in [1.807, 2.05) is 30.3 Å². The Morgan fingerprint density at radius 2 is 1.69 bits per heavy atom. The zero-order chi connectivity index (χ0) is 25.0. The third-order valence-corrected chi connectivity index (χ3v) is 6.33. The van der Waals surface area contributed by atoms with Crippen molar-refractivity contribution in [1.82, 2.24) is 0 Å².